The van der Waals surface area contributed by atoms with Gasteiger partial charge in [-0.25, -0.2) is 0 Å². The van der Waals surface area contributed by atoms with E-state index < -0.39 is 0 Å². The van der Waals surface area contributed by atoms with Crippen molar-refractivity contribution >= 4 is 17.2 Å². The van der Waals surface area contributed by atoms with Gasteiger partial charge in [0.05, 0.1) is 4.88 Å². The van der Waals surface area contributed by atoms with E-state index in [0.717, 1.165) is 16.0 Å². The van der Waals surface area contributed by atoms with Crippen LogP contribution in [0.3, 0.4) is 0 Å². The van der Waals surface area contributed by atoms with Gasteiger partial charge >= 0.3 is 0 Å². The van der Waals surface area contributed by atoms with Gasteiger partial charge in [0, 0.05) is 18.2 Å². The van der Waals surface area contributed by atoms with E-state index in [1.807, 2.05) is 25.4 Å². The van der Waals surface area contributed by atoms with E-state index >= 15 is 0 Å². The number of thiophene rings is 1. The third kappa shape index (κ3) is 3.46. The quantitative estimate of drug-likeness (QED) is 0.888. The van der Waals surface area contributed by atoms with Gasteiger partial charge in [-0.15, -0.1) is 11.3 Å². The van der Waals surface area contributed by atoms with Gasteiger partial charge in [-0.05, 0) is 37.9 Å². The standard InChI is InChI=1S/C16H20N2OS/c1-11-4-6-13(7-5-11)14-8-9-20-15(14)16(19)18-10-12(2)17-3/h4-9,12,17H,10H2,1-3H3,(H,18,19). The summed E-state index contributed by atoms with van der Waals surface area (Å²) in [5.41, 5.74) is 3.31. The summed E-state index contributed by atoms with van der Waals surface area (Å²) in [4.78, 5) is 13.0. The summed E-state index contributed by atoms with van der Waals surface area (Å²) in [6.45, 7) is 4.72. The molecule has 0 aliphatic carbocycles. The monoisotopic (exact) mass is 288 g/mol. The van der Waals surface area contributed by atoms with Crippen molar-refractivity contribution in [2.75, 3.05) is 13.6 Å². The smallest absolute Gasteiger partial charge is 0.262 e. The molecule has 0 radical (unpaired) electrons. The van der Waals surface area contributed by atoms with Crippen molar-refractivity contribution in [2.45, 2.75) is 19.9 Å². The fraction of sp³-hybridized carbons (Fsp3) is 0.312. The molecule has 2 N–H and O–H groups in total. The first-order valence-corrected chi connectivity index (χ1v) is 7.59. The highest BCUT2D eigenvalue weighted by Crippen LogP contribution is 2.28. The Morgan fingerprint density at radius 1 is 1.25 bits per heavy atom. The van der Waals surface area contributed by atoms with Crippen molar-refractivity contribution in [3.63, 3.8) is 0 Å². The Morgan fingerprint density at radius 3 is 2.60 bits per heavy atom. The molecule has 106 valence electrons. The third-order valence-corrected chi connectivity index (χ3v) is 4.21. The van der Waals surface area contributed by atoms with Crippen molar-refractivity contribution in [1.82, 2.24) is 10.6 Å². The van der Waals surface area contributed by atoms with E-state index in [1.165, 1.54) is 16.9 Å². The minimum absolute atomic E-state index is 0.00215. The second-order valence-corrected chi connectivity index (χ2v) is 5.85. The molecule has 1 unspecified atom stereocenters. The number of aryl methyl sites for hydroxylation is 1. The number of hydrogen-bond acceptors (Lipinski definition) is 3. The fourth-order valence-electron chi connectivity index (χ4n) is 1.87. The Hall–Kier alpha value is -1.65. The second kappa shape index (κ2) is 6.68. The van der Waals surface area contributed by atoms with Gasteiger partial charge in [0.15, 0.2) is 0 Å². The number of carbonyl (C=O) groups excluding carboxylic acids is 1. The molecule has 0 spiro atoms. The SMILES string of the molecule is CNC(C)CNC(=O)c1sccc1-c1ccc(C)cc1. The lowest BCUT2D eigenvalue weighted by atomic mass is 10.0. The first-order valence-electron chi connectivity index (χ1n) is 6.72. The predicted molar refractivity (Wildman–Crippen MR) is 85.3 cm³/mol. The zero-order chi connectivity index (χ0) is 14.5. The maximum absolute atomic E-state index is 12.3. The summed E-state index contributed by atoms with van der Waals surface area (Å²) in [5.74, 6) is -0.00215. The summed E-state index contributed by atoms with van der Waals surface area (Å²) >= 11 is 1.48. The molecule has 0 bridgehead atoms. The Morgan fingerprint density at radius 2 is 1.95 bits per heavy atom. The molecular weight excluding hydrogens is 268 g/mol. The lowest BCUT2D eigenvalue weighted by Gasteiger charge is -2.11. The summed E-state index contributed by atoms with van der Waals surface area (Å²) in [7, 11) is 1.89. The number of likely N-dealkylation sites (N-methyl/N-ethyl adjacent to an activating group) is 1. The largest absolute Gasteiger partial charge is 0.350 e. The van der Waals surface area contributed by atoms with Crippen LogP contribution in [-0.2, 0) is 0 Å². The van der Waals surface area contributed by atoms with Crippen molar-refractivity contribution < 1.29 is 4.79 Å². The minimum atomic E-state index is -0.00215. The number of hydrogen-bond donors (Lipinski definition) is 2. The van der Waals surface area contributed by atoms with Crippen LogP contribution < -0.4 is 10.6 Å². The lowest BCUT2D eigenvalue weighted by molar-refractivity contribution is 0.0955. The van der Waals surface area contributed by atoms with Crippen LogP contribution in [0.15, 0.2) is 35.7 Å². The van der Waals surface area contributed by atoms with E-state index in [9.17, 15) is 4.79 Å². The van der Waals surface area contributed by atoms with Crippen LogP contribution in [0, 0.1) is 6.92 Å². The van der Waals surface area contributed by atoms with Crippen LogP contribution in [0.4, 0.5) is 0 Å². The van der Waals surface area contributed by atoms with Gasteiger partial charge in [-0.1, -0.05) is 29.8 Å². The highest BCUT2D eigenvalue weighted by atomic mass is 32.1. The van der Waals surface area contributed by atoms with Gasteiger partial charge in [0.25, 0.3) is 5.91 Å². The van der Waals surface area contributed by atoms with Crippen molar-refractivity contribution in [2.24, 2.45) is 0 Å². The van der Waals surface area contributed by atoms with Crippen LogP contribution in [0.2, 0.25) is 0 Å². The van der Waals surface area contributed by atoms with E-state index in [2.05, 4.69) is 41.8 Å². The molecule has 1 aromatic carbocycles. The maximum Gasteiger partial charge on any atom is 0.262 e. The minimum Gasteiger partial charge on any atom is -0.350 e. The van der Waals surface area contributed by atoms with Crippen LogP contribution >= 0.6 is 11.3 Å². The molecule has 0 saturated carbocycles. The lowest BCUT2D eigenvalue weighted by Crippen LogP contribution is -2.37. The molecule has 3 nitrogen and oxygen atoms in total. The number of rotatable bonds is 5. The molecule has 20 heavy (non-hydrogen) atoms. The van der Waals surface area contributed by atoms with Crippen LogP contribution in [0.1, 0.15) is 22.2 Å². The van der Waals surface area contributed by atoms with Crippen molar-refractivity contribution in [1.29, 1.82) is 0 Å². The summed E-state index contributed by atoms with van der Waals surface area (Å²) < 4.78 is 0. The van der Waals surface area contributed by atoms with Crippen LogP contribution in [-0.4, -0.2) is 25.5 Å². The molecule has 0 saturated heterocycles. The summed E-state index contributed by atoms with van der Waals surface area (Å²) in [5, 5.41) is 8.04. The number of nitrogens with one attached hydrogen (secondary N) is 2. The third-order valence-electron chi connectivity index (χ3n) is 3.30. The van der Waals surface area contributed by atoms with Crippen LogP contribution in [0.25, 0.3) is 11.1 Å². The van der Waals surface area contributed by atoms with E-state index in [-0.39, 0.29) is 11.9 Å². The zero-order valence-electron chi connectivity index (χ0n) is 12.1. The Bertz CT molecular complexity index is 574. The Kier molecular flexibility index (Phi) is 4.93. The number of benzene rings is 1. The number of amides is 1. The first-order chi connectivity index (χ1) is 9.61. The maximum atomic E-state index is 12.3. The highest BCUT2D eigenvalue weighted by molar-refractivity contribution is 7.12. The van der Waals surface area contributed by atoms with Crippen molar-refractivity contribution in [3.05, 3.63) is 46.2 Å². The molecule has 0 fully saturated rings. The summed E-state index contributed by atoms with van der Waals surface area (Å²) in [6.07, 6.45) is 0. The molecule has 2 rings (SSSR count). The van der Waals surface area contributed by atoms with E-state index in [1.54, 1.807) is 0 Å². The normalized spacial score (nSPS) is 12.2. The molecule has 1 aromatic heterocycles. The molecule has 0 aliphatic rings. The zero-order valence-corrected chi connectivity index (χ0v) is 12.9. The van der Waals surface area contributed by atoms with Gasteiger partial charge in [0.2, 0.25) is 0 Å². The molecule has 1 heterocycles. The predicted octanol–water partition coefficient (Wildman–Crippen LogP) is 3.06. The topological polar surface area (TPSA) is 41.1 Å². The molecule has 4 heteroatoms. The average molecular weight is 288 g/mol. The Labute approximate surface area is 124 Å². The van der Waals surface area contributed by atoms with Gasteiger partial charge < -0.3 is 10.6 Å². The molecule has 0 aliphatic heterocycles. The fourth-order valence-corrected chi connectivity index (χ4v) is 2.71. The second-order valence-electron chi connectivity index (χ2n) is 4.93. The molecule has 2 aromatic rings. The molecular formula is C16H20N2OS. The van der Waals surface area contributed by atoms with Gasteiger partial charge in [-0.3, -0.25) is 4.79 Å². The summed E-state index contributed by atoms with van der Waals surface area (Å²) in [6, 6.07) is 10.5. The molecule has 1 amide bonds. The van der Waals surface area contributed by atoms with Gasteiger partial charge in [0.1, 0.15) is 0 Å². The van der Waals surface area contributed by atoms with E-state index in [0.29, 0.717) is 6.54 Å². The average Bonchev–Trinajstić information content (AvgIpc) is 2.94. The van der Waals surface area contributed by atoms with Crippen molar-refractivity contribution in [3.8, 4) is 11.1 Å². The van der Waals surface area contributed by atoms with E-state index in [4.69, 9.17) is 0 Å². The van der Waals surface area contributed by atoms with Crippen LogP contribution in [0.5, 0.6) is 0 Å². The number of carbonyl (C=O) groups is 1. The highest BCUT2D eigenvalue weighted by Gasteiger charge is 2.14. The Balaban J connectivity index is 2.16. The van der Waals surface area contributed by atoms with Gasteiger partial charge in [-0.2, -0.15) is 0 Å². The first kappa shape index (κ1) is 14.8. The molecule has 1 atom stereocenters.